The molecule has 1 fully saturated rings. The van der Waals surface area contributed by atoms with Gasteiger partial charge in [0.25, 0.3) is 0 Å². The van der Waals surface area contributed by atoms with Crippen LogP contribution in [0, 0.1) is 0 Å². The van der Waals surface area contributed by atoms with Crippen molar-refractivity contribution in [2.24, 2.45) is 0 Å². The first-order chi connectivity index (χ1) is 9.40. The van der Waals surface area contributed by atoms with E-state index in [1.807, 2.05) is 0 Å². The van der Waals surface area contributed by atoms with Crippen LogP contribution in [-0.2, 0) is 19.6 Å². The van der Waals surface area contributed by atoms with Gasteiger partial charge in [0.2, 0.25) is 10.0 Å². The van der Waals surface area contributed by atoms with Crippen molar-refractivity contribution in [3.63, 3.8) is 0 Å². The molecular formula is C13H26N2O4S. The molecule has 1 heterocycles. The maximum atomic E-state index is 12.1. The quantitative estimate of drug-likeness (QED) is 0.617. The zero-order chi connectivity index (χ0) is 15.2. The lowest BCUT2D eigenvalue weighted by molar-refractivity contribution is -0.140. The van der Waals surface area contributed by atoms with E-state index < -0.39 is 10.0 Å². The van der Waals surface area contributed by atoms with Gasteiger partial charge in [-0.3, -0.25) is 9.69 Å². The van der Waals surface area contributed by atoms with Crippen LogP contribution < -0.4 is 0 Å². The van der Waals surface area contributed by atoms with Crippen molar-refractivity contribution in [2.45, 2.75) is 38.6 Å². The Balaban J connectivity index is 2.44. The Kier molecular flexibility index (Phi) is 6.91. The number of rotatable bonds is 8. The van der Waals surface area contributed by atoms with E-state index in [4.69, 9.17) is 0 Å². The lowest BCUT2D eigenvalue weighted by Gasteiger charge is -2.27. The number of ether oxygens (including phenoxy) is 1. The normalized spacial score (nSPS) is 20.5. The number of esters is 1. The lowest BCUT2D eigenvalue weighted by Crippen LogP contribution is -2.41. The van der Waals surface area contributed by atoms with Gasteiger partial charge in [-0.1, -0.05) is 6.92 Å². The van der Waals surface area contributed by atoms with Crippen LogP contribution in [0.15, 0.2) is 0 Å². The minimum absolute atomic E-state index is 0.00253. The van der Waals surface area contributed by atoms with Gasteiger partial charge >= 0.3 is 5.97 Å². The number of likely N-dealkylation sites (tertiary alicyclic amines) is 1. The summed E-state index contributed by atoms with van der Waals surface area (Å²) in [4.78, 5) is 13.3. The second-order valence-corrected chi connectivity index (χ2v) is 7.40. The van der Waals surface area contributed by atoms with Crippen molar-refractivity contribution in [2.75, 3.05) is 39.5 Å². The van der Waals surface area contributed by atoms with Gasteiger partial charge in [0, 0.05) is 26.1 Å². The molecule has 7 heteroatoms. The van der Waals surface area contributed by atoms with E-state index in [9.17, 15) is 13.2 Å². The third-order valence-electron chi connectivity index (χ3n) is 3.86. The average molecular weight is 306 g/mol. The molecule has 0 spiro atoms. The number of hydrogen-bond acceptors (Lipinski definition) is 5. The van der Waals surface area contributed by atoms with Crippen LogP contribution >= 0.6 is 0 Å². The molecule has 20 heavy (non-hydrogen) atoms. The highest BCUT2D eigenvalue weighted by molar-refractivity contribution is 7.89. The summed E-state index contributed by atoms with van der Waals surface area (Å²) in [5.74, 6) is -0.368. The van der Waals surface area contributed by atoms with Gasteiger partial charge in [-0.25, -0.2) is 12.7 Å². The van der Waals surface area contributed by atoms with Gasteiger partial charge in [0.1, 0.15) is 0 Å². The minimum Gasteiger partial charge on any atom is -0.469 e. The molecule has 1 atom stereocenters. The maximum Gasteiger partial charge on any atom is 0.305 e. The lowest BCUT2D eigenvalue weighted by atomic mass is 10.2. The predicted octanol–water partition coefficient (Wildman–Crippen LogP) is 0.686. The van der Waals surface area contributed by atoms with Crippen molar-refractivity contribution in [3.05, 3.63) is 0 Å². The summed E-state index contributed by atoms with van der Waals surface area (Å²) in [7, 11) is -0.352. The van der Waals surface area contributed by atoms with Crippen LogP contribution in [-0.4, -0.2) is 69.2 Å². The zero-order valence-electron chi connectivity index (χ0n) is 12.7. The number of likely N-dealkylation sites (N-methyl/N-ethyl adjacent to an activating group) is 2. The second-order valence-electron chi connectivity index (χ2n) is 5.20. The van der Waals surface area contributed by atoms with Crippen molar-refractivity contribution in [1.82, 2.24) is 9.21 Å². The number of carbonyl (C=O) groups is 1. The highest BCUT2D eigenvalue weighted by atomic mass is 32.2. The summed E-state index contributed by atoms with van der Waals surface area (Å²) in [5.41, 5.74) is 0. The first kappa shape index (κ1) is 17.4. The fourth-order valence-corrected chi connectivity index (χ4v) is 3.81. The van der Waals surface area contributed by atoms with Crippen molar-refractivity contribution < 1.29 is 17.9 Å². The molecule has 6 nitrogen and oxygen atoms in total. The summed E-state index contributed by atoms with van der Waals surface area (Å²) in [6, 6.07) is 0.320. The SMILES string of the molecule is CCN1CCCC1CN(C)S(=O)(=O)CCCC(=O)OC. The number of carbonyl (C=O) groups excluding carboxylic acids is 1. The molecule has 0 saturated carbocycles. The summed E-state index contributed by atoms with van der Waals surface area (Å²) in [6.45, 7) is 4.65. The Labute approximate surface area is 122 Å². The molecule has 0 radical (unpaired) electrons. The maximum absolute atomic E-state index is 12.1. The molecule has 1 aliphatic heterocycles. The Morgan fingerprint density at radius 1 is 1.45 bits per heavy atom. The number of sulfonamides is 1. The van der Waals surface area contributed by atoms with E-state index in [1.54, 1.807) is 7.05 Å². The minimum atomic E-state index is -3.28. The van der Waals surface area contributed by atoms with Crippen LogP contribution in [0.2, 0.25) is 0 Å². The smallest absolute Gasteiger partial charge is 0.305 e. The van der Waals surface area contributed by atoms with Crippen molar-refractivity contribution in [1.29, 1.82) is 0 Å². The molecule has 0 amide bonds. The average Bonchev–Trinajstić information content (AvgIpc) is 2.85. The molecule has 1 unspecified atom stereocenters. The highest BCUT2D eigenvalue weighted by Gasteiger charge is 2.28. The van der Waals surface area contributed by atoms with Gasteiger partial charge < -0.3 is 4.74 Å². The van der Waals surface area contributed by atoms with Gasteiger partial charge in [0.15, 0.2) is 0 Å². The molecule has 1 rings (SSSR count). The molecule has 0 aromatic carbocycles. The molecular weight excluding hydrogens is 280 g/mol. The molecule has 1 aliphatic rings. The molecule has 118 valence electrons. The third-order valence-corrected chi connectivity index (χ3v) is 5.76. The molecule has 0 aliphatic carbocycles. The van der Waals surface area contributed by atoms with Crippen molar-refractivity contribution >= 4 is 16.0 Å². The van der Waals surface area contributed by atoms with Gasteiger partial charge in [-0.15, -0.1) is 0 Å². The summed E-state index contributed by atoms with van der Waals surface area (Å²) >= 11 is 0. The van der Waals surface area contributed by atoms with Gasteiger partial charge in [-0.2, -0.15) is 0 Å². The fourth-order valence-electron chi connectivity index (χ4n) is 2.59. The van der Waals surface area contributed by atoms with E-state index in [-0.39, 0.29) is 18.1 Å². The molecule has 0 N–H and O–H groups in total. The van der Waals surface area contributed by atoms with Crippen molar-refractivity contribution in [3.8, 4) is 0 Å². The Morgan fingerprint density at radius 3 is 2.75 bits per heavy atom. The van der Waals surface area contributed by atoms with E-state index in [0.29, 0.717) is 19.0 Å². The van der Waals surface area contributed by atoms with Crippen LogP contribution in [0.1, 0.15) is 32.6 Å². The highest BCUT2D eigenvalue weighted by Crippen LogP contribution is 2.18. The first-order valence-corrected chi connectivity index (χ1v) is 8.76. The first-order valence-electron chi connectivity index (χ1n) is 7.15. The monoisotopic (exact) mass is 306 g/mol. The third kappa shape index (κ3) is 5.03. The second kappa shape index (κ2) is 7.95. The van der Waals surface area contributed by atoms with E-state index >= 15 is 0 Å². The standard InChI is InChI=1S/C13H26N2O4S/c1-4-15-9-5-7-12(15)11-14(2)20(17,18)10-6-8-13(16)19-3/h12H,4-11H2,1-3H3. The number of nitrogens with zero attached hydrogens (tertiary/aromatic N) is 2. The van der Waals surface area contributed by atoms with Crippen LogP contribution in [0.5, 0.6) is 0 Å². The van der Waals surface area contributed by atoms with E-state index in [2.05, 4.69) is 16.6 Å². The fraction of sp³-hybridized carbons (Fsp3) is 0.923. The topological polar surface area (TPSA) is 66.9 Å². The Bertz CT molecular complexity index is 411. The summed E-state index contributed by atoms with van der Waals surface area (Å²) in [6.07, 6.45) is 2.64. The van der Waals surface area contributed by atoms with E-state index in [0.717, 1.165) is 25.9 Å². The largest absolute Gasteiger partial charge is 0.469 e. The van der Waals surface area contributed by atoms with Gasteiger partial charge in [-0.05, 0) is 32.4 Å². The van der Waals surface area contributed by atoms with Crippen LogP contribution in [0.25, 0.3) is 0 Å². The molecule has 0 aromatic heterocycles. The van der Waals surface area contributed by atoms with Crippen LogP contribution in [0.3, 0.4) is 0 Å². The predicted molar refractivity (Wildman–Crippen MR) is 77.9 cm³/mol. The van der Waals surface area contributed by atoms with Crippen LogP contribution in [0.4, 0.5) is 0 Å². The molecule has 1 saturated heterocycles. The van der Waals surface area contributed by atoms with E-state index in [1.165, 1.54) is 11.4 Å². The summed E-state index contributed by atoms with van der Waals surface area (Å²) < 4.78 is 30.2. The number of hydrogen-bond donors (Lipinski definition) is 0. The molecule has 0 bridgehead atoms. The van der Waals surface area contributed by atoms with Gasteiger partial charge in [0.05, 0.1) is 12.9 Å². The Hall–Kier alpha value is -0.660. The summed E-state index contributed by atoms with van der Waals surface area (Å²) in [5, 5.41) is 0. The Morgan fingerprint density at radius 2 is 2.15 bits per heavy atom. The number of methoxy groups -OCH3 is 1. The molecule has 0 aromatic rings. The zero-order valence-corrected chi connectivity index (χ0v) is 13.5.